The Hall–Kier alpha value is -2.39. The summed E-state index contributed by atoms with van der Waals surface area (Å²) >= 11 is 0. The van der Waals surface area contributed by atoms with Gasteiger partial charge in [0.1, 0.15) is 6.10 Å². The molecule has 0 saturated heterocycles. The van der Waals surface area contributed by atoms with E-state index in [4.69, 9.17) is 14.4 Å². The van der Waals surface area contributed by atoms with E-state index in [9.17, 15) is 24.4 Å². The minimum absolute atomic E-state index is 0.0917. The van der Waals surface area contributed by atoms with Gasteiger partial charge < -0.3 is 9.47 Å². The number of ether oxygens (including phenoxy) is 2. The number of hydrogen-bond acceptors (Lipinski definition) is 8. The number of carbonyl (C=O) groups excluding carboxylic acids is 4. The highest BCUT2D eigenvalue weighted by Gasteiger charge is 2.77. The number of carbonyl (C=O) groups is 4. The lowest BCUT2D eigenvalue weighted by Gasteiger charge is -2.63. The van der Waals surface area contributed by atoms with Crippen molar-refractivity contribution in [2.75, 3.05) is 6.61 Å². The number of fused-ring (bicyclic) bond motifs is 5. The summed E-state index contributed by atoms with van der Waals surface area (Å²) in [6, 6.07) is 0. The molecule has 0 amide bonds. The van der Waals surface area contributed by atoms with Gasteiger partial charge in [0, 0.05) is 30.6 Å². The summed E-state index contributed by atoms with van der Waals surface area (Å²) in [5.74, 6) is -3.73. The van der Waals surface area contributed by atoms with Crippen molar-refractivity contribution in [2.24, 2.45) is 28.6 Å². The van der Waals surface area contributed by atoms with E-state index < -0.39 is 70.3 Å². The van der Waals surface area contributed by atoms with Crippen LogP contribution in [0.2, 0.25) is 0 Å². The number of allylic oxidation sites excluding steroid dienone is 4. The molecule has 0 unspecified atom stereocenters. The van der Waals surface area contributed by atoms with Crippen molar-refractivity contribution in [2.45, 2.75) is 77.7 Å². The van der Waals surface area contributed by atoms with Gasteiger partial charge in [0.15, 0.2) is 23.7 Å². The van der Waals surface area contributed by atoms with Crippen LogP contribution in [0, 0.1) is 28.6 Å². The maximum Gasteiger partial charge on any atom is 0.303 e. The number of ketones is 2. The molecular weight excluding hydrogens is 459 g/mol. The number of alkyl halides is 1. The molecule has 0 spiro atoms. The van der Waals surface area contributed by atoms with E-state index in [2.05, 4.69) is 0 Å². The van der Waals surface area contributed by atoms with E-state index in [1.54, 1.807) is 26.8 Å². The largest absolute Gasteiger partial charge is 0.459 e. The van der Waals surface area contributed by atoms with Crippen LogP contribution in [0.4, 0.5) is 4.39 Å². The van der Waals surface area contributed by atoms with E-state index >= 15 is 4.39 Å². The molecule has 4 aliphatic carbocycles. The first-order valence-corrected chi connectivity index (χ1v) is 12.1. The van der Waals surface area contributed by atoms with Gasteiger partial charge >= 0.3 is 11.9 Å². The lowest BCUT2D eigenvalue weighted by Crippen LogP contribution is -2.70. The Kier molecular flexibility index (Phi) is 6.12. The molecule has 3 saturated carbocycles. The average Bonchev–Trinajstić information content (AvgIpc) is 2.99. The topological polar surface area (TPSA) is 116 Å². The molecule has 9 heteroatoms. The Morgan fingerprint density at radius 3 is 2.46 bits per heavy atom. The monoisotopic (exact) mass is 492 g/mol. The molecule has 4 rings (SSSR count). The molecule has 0 bridgehead atoms. The molecule has 0 aromatic heterocycles. The predicted molar refractivity (Wildman–Crippen MR) is 121 cm³/mol. The third-order valence-corrected chi connectivity index (χ3v) is 9.43. The smallest absolute Gasteiger partial charge is 0.303 e. The highest BCUT2D eigenvalue weighted by Crippen LogP contribution is 2.71. The fraction of sp³-hybridized carbons (Fsp3) is 0.692. The van der Waals surface area contributed by atoms with Crippen LogP contribution in [0.25, 0.3) is 0 Å². The highest BCUT2D eigenvalue weighted by atomic mass is 19.1. The Labute approximate surface area is 203 Å². The summed E-state index contributed by atoms with van der Waals surface area (Å²) < 4.78 is 28.3. The lowest BCUT2D eigenvalue weighted by atomic mass is 9.44. The molecule has 0 aromatic carbocycles. The van der Waals surface area contributed by atoms with Crippen LogP contribution in [0.5, 0.6) is 0 Å². The van der Waals surface area contributed by atoms with Gasteiger partial charge in [0.2, 0.25) is 5.78 Å². The van der Waals surface area contributed by atoms with Crippen molar-refractivity contribution in [3.05, 3.63) is 23.8 Å². The summed E-state index contributed by atoms with van der Waals surface area (Å²) in [5.41, 5.74) is -5.46. The highest BCUT2D eigenvalue weighted by molar-refractivity contribution is 6.01. The molecular formula is C26H33FO8. The fourth-order valence-electron chi connectivity index (χ4n) is 7.94. The average molecular weight is 493 g/mol. The summed E-state index contributed by atoms with van der Waals surface area (Å²) in [6.45, 7) is 7.02. The van der Waals surface area contributed by atoms with E-state index in [0.29, 0.717) is 24.8 Å². The fourth-order valence-corrected chi connectivity index (χ4v) is 7.94. The third kappa shape index (κ3) is 3.30. The Morgan fingerprint density at radius 2 is 1.86 bits per heavy atom. The van der Waals surface area contributed by atoms with Gasteiger partial charge in [0.25, 0.3) is 0 Å². The van der Waals surface area contributed by atoms with Crippen LogP contribution in [-0.4, -0.2) is 52.7 Å². The summed E-state index contributed by atoms with van der Waals surface area (Å²) in [4.78, 5) is 54.1. The van der Waals surface area contributed by atoms with Gasteiger partial charge in [-0.25, -0.2) is 9.28 Å². The van der Waals surface area contributed by atoms with Gasteiger partial charge in [-0.05, 0) is 56.6 Å². The van der Waals surface area contributed by atoms with Gasteiger partial charge in [-0.3, -0.25) is 24.4 Å². The van der Waals surface area contributed by atoms with Crippen molar-refractivity contribution >= 4 is 23.5 Å². The molecule has 8 nitrogen and oxygen atoms in total. The third-order valence-electron chi connectivity index (χ3n) is 9.43. The Bertz CT molecular complexity index is 1030. The van der Waals surface area contributed by atoms with Crippen LogP contribution in [0.3, 0.4) is 0 Å². The zero-order chi connectivity index (χ0) is 26.0. The number of hydrogen-bond donors (Lipinski definition) is 1. The molecule has 0 aliphatic heterocycles. The number of rotatable bonds is 5. The number of halogens is 1. The minimum atomic E-state index is -2.05. The zero-order valence-electron chi connectivity index (χ0n) is 20.8. The summed E-state index contributed by atoms with van der Waals surface area (Å²) in [5, 5.41) is 10.2. The maximum absolute atomic E-state index is 17.7. The van der Waals surface area contributed by atoms with Crippen LogP contribution in [0.1, 0.15) is 60.3 Å². The van der Waals surface area contributed by atoms with Crippen LogP contribution >= 0.6 is 0 Å². The number of esters is 2. The predicted octanol–water partition coefficient (Wildman–Crippen LogP) is 3.53. The zero-order valence-corrected chi connectivity index (χ0v) is 20.8. The van der Waals surface area contributed by atoms with Crippen molar-refractivity contribution in [3.63, 3.8) is 0 Å². The second kappa shape index (κ2) is 8.34. The van der Waals surface area contributed by atoms with Gasteiger partial charge in [0.05, 0.1) is 0 Å². The second-order valence-corrected chi connectivity index (χ2v) is 11.0. The molecule has 0 radical (unpaired) electrons. The summed E-state index contributed by atoms with van der Waals surface area (Å²) in [6.07, 6.45) is 4.28. The van der Waals surface area contributed by atoms with E-state index in [-0.39, 0.29) is 12.2 Å². The maximum atomic E-state index is 17.7. The van der Waals surface area contributed by atoms with Crippen LogP contribution in [-0.2, 0) is 33.5 Å². The molecule has 0 heterocycles. The van der Waals surface area contributed by atoms with Crippen LogP contribution in [0.15, 0.2) is 23.8 Å². The SMILES string of the molecule is CC(=O)OCC(=O)[C@@]1(OO)[C@H](C)C[C@H]2[C@@H]3CCC4=CC(=O)C=C[C@]4(C)[C@@]3(F)[C@@H](OC(C)=O)C[C@@]21C. The molecule has 1 N–H and O–H groups in total. The molecule has 192 valence electrons. The molecule has 3 fully saturated rings. The van der Waals surface area contributed by atoms with E-state index in [1.807, 2.05) is 0 Å². The second-order valence-electron chi connectivity index (χ2n) is 11.0. The van der Waals surface area contributed by atoms with E-state index in [1.165, 1.54) is 26.0 Å². The van der Waals surface area contributed by atoms with Gasteiger partial charge in [-0.1, -0.05) is 25.5 Å². The molecule has 8 atom stereocenters. The first-order chi connectivity index (χ1) is 16.3. The van der Waals surface area contributed by atoms with Crippen molar-refractivity contribution < 1.29 is 43.2 Å². The number of Topliss-reactive ketones (excluding diaryl/α,β-unsaturated/α-hetero) is 1. The van der Waals surface area contributed by atoms with Crippen molar-refractivity contribution in [1.82, 2.24) is 0 Å². The Morgan fingerprint density at radius 1 is 1.17 bits per heavy atom. The van der Waals surface area contributed by atoms with Crippen molar-refractivity contribution in [3.8, 4) is 0 Å². The Balaban J connectivity index is 1.86. The normalized spacial score (nSPS) is 44.0. The quantitative estimate of drug-likeness (QED) is 0.352. The van der Waals surface area contributed by atoms with Gasteiger partial charge in [-0.2, -0.15) is 0 Å². The lowest BCUT2D eigenvalue weighted by molar-refractivity contribution is -0.354. The van der Waals surface area contributed by atoms with E-state index in [0.717, 1.165) is 0 Å². The first-order valence-electron chi connectivity index (χ1n) is 12.1. The van der Waals surface area contributed by atoms with Crippen LogP contribution < -0.4 is 0 Å². The molecule has 0 aromatic rings. The minimum Gasteiger partial charge on any atom is -0.459 e. The summed E-state index contributed by atoms with van der Waals surface area (Å²) in [7, 11) is 0. The molecule has 4 aliphatic rings. The standard InChI is InChI=1S/C26H33FO8/c1-14-10-20-19-7-6-17-11-18(30)8-9-23(17,4)25(19,27)22(34-16(3)29)12-24(20,5)26(14,35-32)21(31)13-33-15(2)28/h8-9,11,14,19-20,22,32H,6-7,10,12-13H2,1-5H3/t14-,19+,20+,22+,23+,24+,25+,26+/m1/s1. The first kappa shape index (κ1) is 25.7. The van der Waals surface area contributed by atoms with Gasteiger partial charge in [-0.15, -0.1) is 0 Å². The molecule has 35 heavy (non-hydrogen) atoms. The van der Waals surface area contributed by atoms with Crippen molar-refractivity contribution in [1.29, 1.82) is 0 Å².